The lowest BCUT2D eigenvalue weighted by Gasteiger charge is -2.32. The summed E-state index contributed by atoms with van der Waals surface area (Å²) in [6.45, 7) is 2.55. The Kier molecular flexibility index (Phi) is 10.1. The molecule has 1 atom stereocenters. The number of rotatable bonds is 10. The molecule has 12 heteroatoms. The van der Waals surface area contributed by atoms with Crippen molar-refractivity contribution >= 4 is 39.1 Å². The highest BCUT2D eigenvalue weighted by Gasteiger charge is 2.37. The van der Waals surface area contributed by atoms with Crippen molar-refractivity contribution in [2.24, 2.45) is 0 Å². The maximum atomic E-state index is 14.0. The van der Waals surface area contributed by atoms with Crippen molar-refractivity contribution < 1.29 is 31.2 Å². The molecule has 1 saturated carbocycles. The van der Waals surface area contributed by atoms with Crippen molar-refractivity contribution in [2.75, 3.05) is 10.8 Å². The van der Waals surface area contributed by atoms with Crippen LogP contribution in [0.15, 0.2) is 77.7 Å². The van der Waals surface area contributed by atoms with Gasteiger partial charge in [0.15, 0.2) is 0 Å². The van der Waals surface area contributed by atoms with E-state index in [1.54, 1.807) is 25.1 Å². The predicted octanol–water partition coefficient (Wildman–Crippen LogP) is 6.34. The third-order valence-electron chi connectivity index (χ3n) is 7.46. The van der Waals surface area contributed by atoms with Gasteiger partial charge in [0.25, 0.3) is 10.0 Å². The van der Waals surface area contributed by atoms with Gasteiger partial charge in [0.05, 0.1) is 21.2 Å². The van der Waals surface area contributed by atoms with Crippen molar-refractivity contribution in [2.45, 2.75) is 69.2 Å². The van der Waals surface area contributed by atoms with Gasteiger partial charge in [-0.2, -0.15) is 13.2 Å². The lowest BCUT2D eigenvalue weighted by molar-refractivity contribution is -0.139. The molecule has 0 radical (unpaired) electrons. The first kappa shape index (κ1) is 32.3. The molecule has 1 N–H and O–H groups in total. The number of carbonyl (C=O) groups is 2. The zero-order valence-electron chi connectivity index (χ0n) is 23.8. The van der Waals surface area contributed by atoms with Crippen LogP contribution in [0.2, 0.25) is 5.02 Å². The molecule has 1 aliphatic carbocycles. The van der Waals surface area contributed by atoms with Crippen LogP contribution < -0.4 is 9.62 Å². The molecule has 7 nitrogen and oxygen atoms in total. The van der Waals surface area contributed by atoms with Gasteiger partial charge in [-0.15, -0.1) is 0 Å². The number of nitrogens with zero attached hydrogens (tertiary/aromatic N) is 2. The number of amides is 2. The second kappa shape index (κ2) is 13.4. The number of hydrogen-bond donors (Lipinski definition) is 1. The molecule has 0 aliphatic heterocycles. The molecule has 1 fully saturated rings. The first-order chi connectivity index (χ1) is 20.3. The molecule has 0 saturated heterocycles. The van der Waals surface area contributed by atoms with E-state index in [0.29, 0.717) is 15.9 Å². The highest BCUT2D eigenvalue weighted by Crippen LogP contribution is 2.38. The summed E-state index contributed by atoms with van der Waals surface area (Å²) in [5, 5.41) is 2.37. The normalized spacial score (nSPS) is 14.7. The summed E-state index contributed by atoms with van der Waals surface area (Å²) in [5.41, 5.74) is -0.0138. The quantitative estimate of drug-likeness (QED) is 0.282. The number of carbonyl (C=O) groups excluding carboxylic acids is 2. The Morgan fingerprint density at radius 2 is 1.67 bits per heavy atom. The fourth-order valence-corrected chi connectivity index (χ4v) is 6.77. The molecule has 2 amide bonds. The van der Waals surface area contributed by atoms with Crippen LogP contribution in [0.25, 0.3) is 0 Å². The average Bonchev–Trinajstić information content (AvgIpc) is 3.47. The molecule has 0 spiro atoms. The van der Waals surface area contributed by atoms with Crippen molar-refractivity contribution in [3.8, 4) is 0 Å². The van der Waals surface area contributed by atoms with E-state index in [-0.39, 0.29) is 17.5 Å². The van der Waals surface area contributed by atoms with Gasteiger partial charge in [-0.25, -0.2) is 8.42 Å². The number of halogens is 4. The van der Waals surface area contributed by atoms with Gasteiger partial charge in [-0.1, -0.05) is 72.5 Å². The van der Waals surface area contributed by atoms with E-state index in [9.17, 15) is 31.2 Å². The third kappa shape index (κ3) is 7.88. The third-order valence-corrected chi connectivity index (χ3v) is 9.58. The first-order valence-corrected chi connectivity index (χ1v) is 15.7. The average molecular weight is 636 g/mol. The number of sulfonamides is 1. The second-order valence-electron chi connectivity index (χ2n) is 10.7. The summed E-state index contributed by atoms with van der Waals surface area (Å²) in [4.78, 5) is 28.3. The zero-order valence-corrected chi connectivity index (χ0v) is 25.3. The monoisotopic (exact) mass is 635 g/mol. The Morgan fingerprint density at radius 3 is 2.30 bits per heavy atom. The van der Waals surface area contributed by atoms with E-state index in [0.717, 1.165) is 43.4 Å². The topological polar surface area (TPSA) is 86.8 Å². The second-order valence-corrected chi connectivity index (χ2v) is 12.9. The van der Waals surface area contributed by atoms with Crippen molar-refractivity contribution in [3.05, 3.63) is 94.5 Å². The lowest BCUT2D eigenvalue weighted by atomic mass is 10.1. The Labute approximate surface area is 254 Å². The summed E-state index contributed by atoms with van der Waals surface area (Å²) in [7, 11) is -4.53. The van der Waals surface area contributed by atoms with Crippen LogP contribution in [0.1, 0.15) is 49.3 Å². The van der Waals surface area contributed by atoms with E-state index in [2.05, 4.69) is 5.32 Å². The van der Waals surface area contributed by atoms with E-state index in [4.69, 9.17) is 11.6 Å². The largest absolute Gasteiger partial charge is 0.417 e. The molecule has 1 aliphatic rings. The highest BCUT2D eigenvalue weighted by molar-refractivity contribution is 7.92. The molecular weight excluding hydrogens is 603 g/mol. The van der Waals surface area contributed by atoms with Gasteiger partial charge < -0.3 is 10.2 Å². The maximum absolute atomic E-state index is 14.0. The van der Waals surface area contributed by atoms with Crippen LogP contribution >= 0.6 is 11.6 Å². The van der Waals surface area contributed by atoms with E-state index < -0.39 is 56.9 Å². The molecule has 230 valence electrons. The van der Waals surface area contributed by atoms with Crippen LogP contribution in [0, 0.1) is 6.92 Å². The number of anilines is 1. The van der Waals surface area contributed by atoms with Gasteiger partial charge in [-0.3, -0.25) is 13.9 Å². The molecule has 3 aromatic rings. The van der Waals surface area contributed by atoms with E-state index >= 15 is 0 Å². The maximum Gasteiger partial charge on any atom is 0.417 e. The van der Waals surface area contributed by atoms with E-state index in [1.807, 2.05) is 19.1 Å². The van der Waals surface area contributed by atoms with Crippen LogP contribution in [-0.2, 0) is 32.3 Å². The van der Waals surface area contributed by atoms with Crippen molar-refractivity contribution in [1.29, 1.82) is 0 Å². The predicted molar refractivity (Wildman–Crippen MR) is 159 cm³/mol. The van der Waals surface area contributed by atoms with E-state index in [1.165, 1.54) is 29.2 Å². The van der Waals surface area contributed by atoms with Crippen molar-refractivity contribution in [3.63, 3.8) is 0 Å². The molecule has 0 heterocycles. The van der Waals surface area contributed by atoms with Crippen molar-refractivity contribution in [1.82, 2.24) is 10.2 Å². The van der Waals surface area contributed by atoms with Crippen LogP contribution in [0.5, 0.6) is 0 Å². The van der Waals surface area contributed by atoms with Crippen LogP contribution in [0.3, 0.4) is 0 Å². The highest BCUT2D eigenvalue weighted by atomic mass is 35.5. The SMILES string of the molecule is Cc1cccc(CN(C(=O)CN(c2ccc(Cl)c(C(F)(F)F)c2)S(=O)(=O)c2ccccc2)[C@H](C)C(=O)NC2CCCC2)c1. The number of aryl methyl sites for hydroxylation is 1. The number of nitrogens with one attached hydrogen (secondary N) is 1. The Bertz CT molecular complexity index is 1560. The lowest BCUT2D eigenvalue weighted by Crippen LogP contribution is -2.52. The summed E-state index contributed by atoms with van der Waals surface area (Å²) < 4.78 is 69.6. The van der Waals surface area contributed by atoms with Gasteiger partial charge in [-0.05, 0) is 62.6 Å². The molecule has 0 aromatic heterocycles. The van der Waals surface area contributed by atoms with Gasteiger partial charge in [0.2, 0.25) is 11.8 Å². The summed E-state index contributed by atoms with van der Waals surface area (Å²) in [5.74, 6) is -1.16. The molecule has 0 unspecified atom stereocenters. The standard InChI is InChI=1S/C31H33ClF3N3O4S/c1-21-9-8-10-23(17-21)19-37(22(2)30(40)36-24-11-6-7-12-24)29(39)20-38(43(41,42)26-13-4-3-5-14-26)25-15-16-28(32)27(18-25)31(33,34)35/h3-5,8-10,13-18,22,24H,6-7,11-12,19-20H2,1-2H3,(H,36,40)/t22-/m1/s1. The summed E-state index contributed by atoms with van der Waals surface area (Å²) >= 11 is 5.81. The van der Waals surface area contributed by atoms with Crippen LogP contribution in [-0.4, -0.2) is 43.8 Å². The first-order valence-electron chi connectivity index (χ1n) is 13.9. The number of hydrogen-bond acceptors (Lipinski definition) is 4. The van der Waals surface area contributed by atoms with Gasteiger partial charge in [0, 0.05) is 12.6 Å². The number of benzene rings is 3. The molecule has 3 aromatic carbocycles. The summed E-state index contributed by atoms with van der Waals surface area (Å²) in [6.07, 6.45) is -1.25. The Morgan fingerprint density at radius 1 is 1.00 bits per heavy atom. The minimum atomic E-state index is -4.87. The van der Waals surface area contributed by atoms with Gasteiger partial charge >= 0.3 is 6.18 Å². The number of alkyl halides is 3. The minimum absolute atomic E-state index is 0.0179. The Balaban J connectivity index is 1.75. The fourth-order valence-electron chi connectivity index (χ4n) is 5.12. The zero-order chi connectivity index (χ0) is 31.4. The summed E-state index contributed by atoms with van der Waals surface area (Å²) in [6, 6.07) is 16.1. The minimum Gasteiger partial charge on any atom is -0.352 e. The van der Waals surface area contributed by atoms with Gasteiger partial charge in [0.1, 0.15) is 12.6 Å². The molecule has 43 heavy (non-hydrogen) atoms. The Hall–Kier alpha value is -3.57. The van der Waals surface area contributed by atoms with Crippen LogP contribution in [0.4, 0.5) is 18.9 Å². The molecule has 0 bridgehead atoms. The fraction of sp³-hybridized carbons (Fsp3) is 0.355. The molecular formula is C31H33ClF3N3O4S. The smallest absolute Gasteiger partial charge is 0.352 e. The molecule has 4 rings (SSSR count).